The van der Waals surface area contributed by atoms with Gasteiger partial charge in [-0.2, -0.15) is 0 Å². The molecule has 0 aliphatic heterocycles. The summed E-state index contributed by atoms with van der Waals surface area (Å²) in [7, 11) is 0. The molecule has 0 bridgehead atoms. The van der Waals surface area contributed by atoms with Gasteiger partial charge in [0.2, 0.25) is 0 Å². The highest BCUT2D eigenvalue weighted by atomic mass is 14.5. The minimum absolute atomic E-state index is 0.558. The van der Waals surface area contributed by atoms with E-state index in [1.807, 2.05) is 0 Å². The molecule has 1 nitrogen and oxygen atoms in total. The van der Waals surface area contributed by atoms with Crippen molar-refractivity contribution >= 4 is 0 Å². The smallest absolute Gasteiger partial charge is 0.00458 e. The van der Waals surface area contributed by atoms with Crippen LogP contribution in [-0.2, 0) is 6.42 Å². The first kappa shape index (κ1) is 11.3. The Labute approximate surface area is 87.3 Å². The molecule has 0 spiro atoms. The van der Waals surface area contributed by atoms with Gasteiger partial charge in [0.15, 0.2) is 0 Å². The van der Waals surface area contributed by atoms with Crippen molar-refractivity contribution in [1.82, 2.24) is 0 Å². The van der Waals surface area contributed by atoms with Gasteiger partial charge in [-0.05, 0) is 35.9 Å². The molecule has 78 valence electrons. The van der Waals surface area contributed by atoms with E-state index >= 15 is 0 Å². The van der Waals surface area contributed by atoms with Crippen LogP contribution in [0.5, 0.6) is 0 Å². The molecule has 0 saturated carbocycles. The van der Waals surface area contributed by atoms with E-state index in [1.165, 1.54) is 11.1 Å². The molecule has 2 atom stereocenters. The molecule has 0 amide bonds. The molecule has 0 aromatic heterocycles. The molecular formula is C13H21N. The fourth-order valence-electron chi connectivity index (χ4n) is 1.59. The third-order valence-corrected chi connectivity index (χ3v) is 3.14. The molecule has 1 aromatic carbocycles. The summed E-state index contributed by atoms with van der Waals surface area (Å²) < 4.78 is 0. The fourth-order valence-corrected chi connectivity index (χ4v) is 1.59. The normalized spacial score (nSPS) is 15.1. The van der Waals surface area contributed by atoms with Crippen molar-refractivity contribution in [2.45, 2.75) is 33.1 Å². The lowest BCUT2D eigenvalue weighted by Gasteiger charge is -2.18. The van der Waals surface area contributed by atoms with Crippen molar-refractivity contribution in [3.8, 4) is 0 Å². The molecule has 0 radical (unpaired) electrons. The largest absolute Gasteiger partial charge is 0.330 e. The molecular weight excluding hydrogens is 170 g/mol. The molecule has 0 aliphatic carbocycles. The van der Waals surface area contributed by atoms with Gasteiger partial charge >= 0.3 is 0 Å². The Balaban J connectivity index is 2.75. The van der Waals surface area contributed by atoms with E-state index in [4.69, 9.17) is 5.73 Å². The molecule has 0 aliphatic rings. The van der Waals surface area contributed by atoms with Crippen LogP contribution in [0.3, 0.4) is 0 Å². The van der Waals surface area contributed by atoms with Crippen LogP contribution in [0.25, 0.3) is 0 Å². The Morgan fingerprint density at radius 2 is 1.71 bits per heavy atom. The summed E-state index contributed by atoms with van der Waals surface area (Å²) in [6.45, 7) is 7.40. The SMILES string of the molecule is CCc1ccc(C(C)C(C)CN)cc1. The van der Waals surface area contributed by atoms with Gasteiger partial charge in [0.05, 0.1) is 0 Å². The highest BCUT2D eigenvalue weighted by molar-refractivity contribution is 5.25. The summed E-state index contributed by atoms with van der Waals surface area (Å²) in [6.07, 6.45) is 1.11. The van der Waals surface area contributed by atoms with Crippen LogP contribution in [0.1, 0.15) is 37.8 Å². The summed E-state index contributed by atoms with van der Waals surface area (Å²) >= 11 is 0. The first-order chi connectivity index (χ1) is 6.69. The van der Waals surface area contributed by atoms with Gasteiger partial charge in [0.1, 0.15) is 0 Å². The van der Waals surface area contributed by atoms with Crippen LogP contribution < -0.4 is 5.73 Å². The second-order valence-electron chi connectivity index (χ2n) is 4.10. The van der Waals surface area contributed by atoms with E-state index < -0.39 is 0 Å². The molecule has 2 unspecified atom stereocenters. The maximum atomic E-state index is 5.67. The van der Waals surface area contributed by atoms with Crippen LogP contribution >= 0.6 is 0 Å². The Bertz CT molecular complexity index is 263. The standard InChI is InChI=1S/C13H21N/c1-4-12-5-7-13(8-6-12)11(3)10(2)9-14/h5-8,10-11H,4,9,14H2,1-3H3. The van der Waals surface area contributed by atoms with Gasteiger partial charge in [-0.3, -0.25) is 0 Å². The van der Waals surface area contributed by atoms with E-state index in [1.54, 1.807) is 0 Å². The maximum Gasteiger partial charge on any atom is -0.00458 e. The first-order valence-corrected chi connectivity index (χ1v) is 5.48. The summed E-state index contributed by atoms with van der Waals surface area (Å²) in [5, 5.41) is 0. The number of rotatable bonds is 4. The van der Waals surface area contributed by atoms with Gasteiger partial charge in [-0.1, -0.05) is 45.0 Å². The molecule has 0 saturated heterocycles. The predicted molar refractivity (Wildman–Crippen MR) is 62.5 cm³/mol. The zero-order chi connectivity index (χ0) is 10.6. The van der Waals surface area contributed by atoms with Crippen molar-refractivity contribution < 1.29 is 0 Å². The molecule has 0 fully saturated rings. The summed E-state index contributed by atoms with van der Waals surface area (Å²) in [5.41, 5.74) is 8.47. The monoisotopic (exact) mass is 191 g/mol. The van der Waals surface area contributed by atoms with E-state index in [2.05, 4.69) is 45.0 Å². The lowest BCUT2D eigenvalue weighted by atomic mass is 9.88. The van der Waals surface area contributed by atoms with Crippen LogP contribution in [0.2, 0.25) is 0 Å². The highest BCUT2D eigenvalue weighted by Gasteiger charge is 2.12. The summed E-state index contributed by atoms with van der Waals surface area (Å²) in [4.78, 5) is 0. The zero-order valence-corrected chi connectivity index (χ0v) is 9.46. The zero-order valence-electron chi connectivity index (χ0n) is 9.46. The molecule has 14 heavy (non-hydrogen) atoms. The van der Waals surface area contributed by atoms with Gasteiger partial charge < -0.3 is 5.73 Å². The average molecular weight is 191 g/mol. The van der Waals surface area contributed by atoms with E-state index in [0.717, 1.165) is 13.0 Å². The van der Waals surface area contributed by atoms with Crippen molar-refractivity contribution in [2.24, 2.45) is 11.7 Å². The van der Waals surface area contributed by atoms with Crippen LogP contribution in [0.4, 0.5) is 0 Å². The fraction of sp³-hybridized carbons (Fsp3) is 0.538. The van der Waals surface area contributed by atoms with Crippen molar-refractivity contribution in [2.75, 3.05) is 6.54 Å². The molecule has 2 N–H and O–H groups in total. The second-order valence-corrected chi connectivity index (χ2v) is 4.10. The second kappa shape index (κ2) is 5.16. The number of hydrogen-bond donors (Lipinski definition) is 1. The third kappa shape index (κ3) is 2.58. The third-order valence-electron chi connectivity index (χ3n) is 3.14. The Kier molecular flexibility index (Phi) is 4.15. The predicted octanol–water partition coefficient (Wildman–Crippen LogP) is 2.95. The summed E-state index contributed by atoms with van der Waals surface area (Å²) in [5.74, 6) is 1.12. The highest BCUT2D eigenvalue weighted by Crippen LogP contribution is 2.23. The number of hydrogen-bond acceptors (Lipinski definition) is 1. The van der Waals surface area contributed by atoms with Crippen LogP contribution in [0, 0.1) is 5.92 Å². The van der Waals surface area contributed by atoms with E-state index in [0.29, 0.717) is 11.8 Å². The van der Waals surface area contributed by atoms with Crippen molar-refractivity contribution in [3.63, 3.8) is 0 Å². The Hall–Kier alpha value is -0.820. The topological polar surface area (TPSA) is 26.0 Å². The summed E-state index contributed by atoms with van der Waals surface area (Å²) in [6, 6.07) is 8.90. The van der Waals surface area contributed by atoms with E-state index in [9.17, 15) is 0 Å². The quantitative estimate of drug-likeness (QED) is 0.778. The van der Waals surface area contributed by atoms with Crippen molar-refractivity contribution in [3.05, 3.63) is 35.4 Å². The molecule has 0 heterocycles. The minimum atomic E-state index is 0.558. The van der Waals surface area contributed by atoms with Gasteiger partial charge in [0.25, 0.3) is 0 Å². The number of nitrogens with two attached hydrogens (primary N) is 1. The first-order valence-electron chi connectivity index (χ1n) is 5.48. The molecule has 1 aromatic rings. The average Bonchev–Trinajstić information content (AvgIpc) is 2.27. The maximum absolute atomic E-state index is 5.67. The minimum Gasteiger partial charge on any atom is -0.330 e. The van der Waals surface area contributed by atoms with Gasteiger partial charge in [-0.25, -0.2) is 0 Å². The van der Waals surface area contributed by atoms with Crippen LogP contribution in [0.15, 0.2) is 24.3 Å². The molecule has 1 heteroatoms. The van der Waals surface area contributed by atoms with Crippen molar-refractivity contribution in [1.29, 1.82) is 0 Å². The lowest BCUT2D eigenvalue weighted by Crippen LogP contribution is -2.16. The van der Waals surface area contributed by atoms with Crippen LogP contribution in [-0.4, -0.2) is 6.54 Å². The molecule has 1 rings (SSSR count). The lowest BCUT2D eigenvalue weighted by molar-refractivity contribution is 0.499. The van der Waals surface area contributed by atoms with Gasteiger partial charge in [0, 0.05) is 0 Å². The Morgan fingerprint density at radius 1 is 1.14 bits per heavy atom. The Morgan fingerprint density at radius 3 is 2.14 bits per heavy atom. The number of benzene rings is 1. The number of aryl methyl sites for hydroxylation is 1. The van der Waals surface area contributed by atoms with E-state index in [-0.39, 0.29) is 0 Å². The van der Waals surface area contributed by atoms with Gasteiger partial charge in [-0.15, -0.1) is 0 Å².